The zero-order chi connectivity index (χ0) is 15.2. The molecule has 1 aliphatic heterocycles. The summed E-state index contributed by atoms with van der Waals surface area (Å²) >= 11 is 0. The van der Waals surface area contributed by atoms with Crippen LogP contribution in [0, 0.1) is 5.92 Å². The molecular formula is C16H25ClN2O3. The number of hydrogen-bond donors (Lipinski definition) is 3. The fraction of sp³-hybridized carbons (Fsp3) is 0.562. The number of ether oxygens (including phenoxy) is 1. The molecule has 5 nitrogen and oxygen atoms in total. The quantitative estimate of drug-likeness (QED) is 0.736. The third-order valence-corrected chi connectivity index (χ3v) is 4.04. The third-order valence-electron chi connectivity index (χ3n) is 4.04. The van der Waals surface area contributed by atoms with E-state index in [0.717, 1.165) is 17.9 Å². The molecule has 0 radical (unpaired) electrons. The summed E-state index contributed by atoms with van der Waals surface area (Å²) in [5.74, 6) is 1.11. The van der Waals surface area contributed by atoms with Crippen LogP contribution in [0.15, 0.2) is 24.3 Å². The summed E-state index contributed by atoms with van der Waals surface area (Å²) in [6.45, 7) is 3.94. The molecule has 3 N–H and O–H groups in total. The van der Waals surface area contributed by atoms with Gasteiger partial charge in [-0.25, -0.2) is 0 Å². The van der Waals surface area contributed by atoms with Gasteiger partial charge in [-0.1, -0.05) is 19.1 Å². The number of amides is 1. The Morgan fingerprint density at radius 3 is 2.64 bits per heavy atom. The summed E-state index contributed by atoms with van der Waals surface area (Å²) < 4.78 is 5.13. The van der Waals surface area contributed by atoms with Crippen LogP contribution in [-0.4, -0.2) is 43.9 Å². The predicted octanol–water partition coefficient (Wildman–Crippen LogP) is 1.31. The van der Waals surface area contributed by atoms with E-state index in [1.807, 2.05) is 31.2 Å². The maximum absolute atomic E-state index is 12.0. The molecule has 1 saturated heterocycles. The molecule has 1 aromatic rings. The van der Waals surface area contributed by atoms with Gasteiger partial charge in [0.1, 0.15) is 5.75 Å². The molecular weight excluding hydrogens is 304 g/mol. The Morgan fingerprint density at radius 1 is 1.41 bits per heavy atom. The number of nitrogens with one attached hydrogen (secondary N) is 2. The third kappa shape index (κ3) is 5.16. The number of methoxy groups -OCH3 is 1. The Balaban J connectivity index is 0.00000242. The summed E-state index contributed by atoms with van der Waals surface area (Å²) in [5.41, 5.74) is 1.12. The van der Waals surface area contributed by atoms with E-state index in [2.05, 4.69) is 10.6 Å². The normalized spacial score (nSPS) is 21.8. The van der Waals surface area contributed by atoms with Crippen LogP contribution in [-0.2, 0) is 4.79 Å². The Bertz CT molecular complexity index is 467. The molecule has 2 rings (SSSR count). The zero-order valence-corrected chi connectivity index (χ0v) is 13.9. The molecule has 3 atom stereocenters. The average molecular weight is 329 g/mol. The van der Waals surface area contributed by atoms with Gasteiger partial charge in [-0.05, 0) is 23.6 Å². The van der Waals surface area contributed by atoms with Crippen molar-refractivity contribution in [1.29, 1.82) is 0 Å². The molecule has 22 heavy (non-hydrogen) atoms. The van der Waals surface area contributed by atoms with Crippen molar-refractivity contribution in [2.45, 2.75) is 25.4 Å². The second-order valence-electron chi connectivity index (χ2n) is 5.67. The van der Waals surface area contributed by atoms with Crippen molar-refractivity contribution in [1.82, 2.24) is 10.6 Å². The number of benzene rings is 1. The van der Waals surface area contributed by atoms with Crippen LogP contribution in [0.4, 0.5) is 0 Å². The van der Waals surface area contributed by atoms with Crippen LogP contribution in [0.3, 0.4) is 0 Å². The van der Waals surface area contributed by atoms with Gasteiger partial charge in [0.2, 0.25) is 5.91 Å². The molecule has 1 amide bonds. The molecule has 0 saturated carbocycles. The molecule has 0 aromatic heterocycles. The standard InChI is InChI=1S/C16H24N2O3.ClH/c1-11(12-3-5-14(21-2)6-4-12)7-16(20)18-9-13-8-17-10-15(13)19;/h3-6,11,13,15,17,19H,7-10H2,1-2H3,(H,18,20);1H. The molecule has 1 fully saturated rings. The van der Waals surface area contributed by atoms with E-state index in [4.69, 9.17) is 4.74 Å². The van der Waals surface area contributed by atoms with E-state index in [1.165, 1.54) is 0 Å². The fourth-order valence-corrected chi connectivity index (χ4v) is 2.57. The second kappa shape index (κ2) is 8.98. The maximum Gasteiger partial charge on any atom is 0.220 e. The van der Waals surface area contributed by atoms with E-state index >= 15 is 0 Å². The average Bonchev–Trinajstić information content (AvgIpc) is 2.90. The minimum atomic E-state index is -0.357. The fourth-order valence-electron chi connectivity index (χ4n) is 2.57. The van der Waals surface area contributed by atoms with E-state index in [1.54, 1.807) is 7.11 Å². The molecule has 1 heterocycles. The van der Waals surface area contributed by atoms with Gasteiger partial charge in [-0.3, -0.25) is 4.79 Å². The Hall–Kier alpha value is -1.30. The zero-order valence-electron chi connectivity index (χ0n) is 13.0. The summed E-state index contributed by atoms with van der Waals surface area (Å²) in [6.07, 6.45) is 0.0899. The molecule has 0 bridgehead atoms. The predicted molar refractivity (Wildman–Crippen MR) is 88.7 cm³/mol. The van der Waals surface area contributed by atoms with Crippen molar-refractivity contribution in [3.05, 3.63) is 29.8 Å². The number of β-amino-alcohol motifs (C(OH)–C–C–N with tert-alkyl or cyclic N) is 1. The van der Waals surface area contributed by atoms with Gasteiger partial charge in [0.15, 0.2) is 0 Å². The lowest BCUT2D eigenvalue weighted by atomic mass is 9.97. The van der Waals surface area contributed by atoms with Crippen LogP contribution >= 0.6 is 12.4 Å². The molecule has 124 valence electrons. The number of carbonyl (C=O) groups excluding carboxylic acids is 1. The van der Waals surface area contributed by atoms with Gasteiger partial charge in [0, 0.05) is 32.0 Å². The van der Waals surface area contributed by atoms with Gasteiger partial charge in [0.05, 0.1) is 13.2 Å². The topological polar surface area (TPSA) is 70.6 Å². The second-order valence-corrected chi connectivity index (χ2v) is 5.67. The minimum Gasteiger partial charge on any atom is -0.497 e. The number of aliphatic hydroxyl groups is 1. The molecule has 3 unspecified atom stereocenters. The lowest BCUT2D eigenvalue weighted by Crippen LogP contribution is -2.34. The van der Waals surface area contributed by atoms with Crippen molar-refractivity contribution in [2.75, 3.05) is 26.7 Å². The van der Waals surface area contributed by atoms with E-state index in [-0.39, 0.29) is 36.3 Å². The van der Waals surface area contributed by atoms with Crippen molar-refractivity contribution < 1.29 is 14.6 Å². The van der Waals surface area contributed by atoms with Crippen molar-refractivity contribution >= 4 is 18.3 Å². The van der Waals surface area contributed by atoms with Gasteiger partial charge in [0.25, 0.3) is 0 Å². The van der Waals surface area contributed by atoms with Crippen molar-refractivity contribution in [2.24, 2.45) is 5.92 Å². The SMILES string of the molecule is COc1ccc(C(C)CC(=O)NCC2CNCC2O)cc1.Cl. The Morgan fingerprint density at radius 2 is 2.09 bits per heavy atom. The monoisotopic (exact) mass is 328 g/mol. The number of rotatable bonds is 6. The first-order valence-electron chi connectivity index (χ1n) is 7.39. The summed E-state index contributed by atoms with van der Waals surface area (Å²) in [5, 5.41) is 15.7. The largest absolute Gasteiger partial charge is 0.497 e. The first-order chi connectivity index (χ1) is 10.1. The summed E-state index contributed by atoms with van der Waals surface area (Å²) in [4.78, 5) is 12.0. The van der Waals surface area contributed by atoms with Gasteiger partial charge >= 0.3 is 0 Å². The lowest BCUT2D eigenvalue weighted by Gasteiger charge is -2.16. The van der Waals surface area contributed by atoms with Crippen LogP contribution in [0.25, 0.3) is 0 Å². The van der Waals surface area contributed by atoms with E-state index in [9.17, 15) is 9.90 Å². The van der Waals surface area contributed by atoms with Crippen LogP contribution < -0.4 is 15.4 Å². The van der Waals surface area contributed by atoms with Crippen molar-refractivity contribution in [3.8, 4) is 5.75 Å². The smallest absolute Gasteiger partial charge is 0.220 e. The number of aliphatic hydroxyl groups excluding tert-OH is 1. The highest BCUT2D eigenvalue weighted by Gasteiger charge is 2.25. The maximum atomic E-state index is 12.0. The molecule has 6 heteroatoms. The summed E-state index contributed by atoms with van der Waals surface area (Å²) in [6, 6.07) is 7.79. The molecule has 1 aromatic carbocycles. The Labute approximate surface area is 137 Å². The minimum absolute atomic E-state index is 0. The van der Waals surface area contributed by atoms with Crippen LogP contribution in [0.2, 0.25) is 0 Å². The van der Waals surface area contributed by atoms with E-state index < -0.39 is 0 Å². The van der Waals surface area contributed by atoms with Crippen LogP contribution in [0.1, 0.15) is 24.8 Å². The molecule has 0 spiro atoms. The number of carbonyl (C=O) groups is 1. The first kappa shape index (κ1) is 18.7. The molecule has 0 aliphatic carbocycles. The van der Waals surface area contributed by atoms with E-state index in [0.29, 0.717) is 19.5 Å². The first-order valence-corrected chi connectivity index (χ1v) is 7.39. The van der Waals surface area contributed by atoms with Gasteiger partial charge < -0.3 is 20.5 Å². The van der Waals surface area contributed by atoms with Gasteiger partial charge in [-0.2, -0.15) is 0 Å². The highest BCUT2D eigenvalue weighted by Crippen LogP contribution is 2.21. The number of hydrogen-bond acceptors (Lipinski definition) is 4. The highest BCUT2D eigenvalue weighted by atomic mass is 35.5. The highest BCUT2D eigenvalue weighted by molar-refractivity contribution is 5.85. The van der Waals surface area contributed by atoms with Crippen molar-refractivity contribution in [3.63, 3.8) is 0 Å². The van der Waals surface area contributed by atoms with Gasteiger partial charge in [-0.15, -0.1) is 12.4 Å². The summed E-state index contributed by atoms with van der Waals surface area (Å²) in [7, 11) is 1.64. The lowest BCUT2D eigenvalue weighted by molar-refractivity contribution is -0.121. The molecule has 1 aliphatic rings. The van der Waals surface area contributed by atoms with Crippen LogP contribution in [0.5, 0.6) is 5.75 Å². The number of halogens is 1. The Kier molecular flexibility index (Phi) is 7.65.